The molecule has 1 fully saturated rings. The summed E-state index contributed by atoms with van der Waals surface area (Å²) < 4.78 is 37.8. The number of benzene rings is 2. The van der Waals surface area contributed by atoms with Gasteiger partial charge < -0.3 is 14.5 Å². The van der Waals surface area contributed by atoms with E-state index in [1.807, 2.05) is 12.1 Å². The van der Waals surface area contributed by atoms with Crippen molar-refractivity contribution in [1.29, 1.82) is 0 Å². The maximum Gasteiger partial charge on any atom is 0.244 e. The Morgan fingerprint density at radius 3 is 2.34 bits per heavy atom. The fraction of sp³-hybridized carbons (Fsp3) is 0.269. The minimum absolute atomic E-state index is 0.0771. The van der Waals surface area contributed by atoms with E-state index in [0.717, 1.165) is 44.0 Å². The topological polar surface area (TPSA) is 101 Å². The highest BCUT2D eigenvalue weighted by Crippen LogP contribution is 2.13. The first-order chi connectivity index (χ1) is 17.0. The Hall–Kier alpha value is -3.24. The van der Waals surface area contributed by atoms with Gasteiger partial charge >= 0.3 is 0 Å². The molecule has 8 nitrogen and oxygen atoms in total. The molecular weight excluding hydrogens is 466 g/mol. The van der Waals surface area contributed by atoms with Crippen LogP contribution in [0.5, 0.6) is 0 Å². The van der Waals surface area contributed by atoms with E-state index in [-0.39, 0.29) is 17.3 Å². The lowest BCUT2D eigenvalue weighted by Crippen LogP contribution is -2.35. The molecule has 1 aliphatic rings. The molecule has 0 saturated carbocycles. The number of carbonyl (C=O) groups excluding carboxylic acids is 1. The van der Waals surface area contributed by atoms with Gasteiger partial charge in [0.05, 0.1) is 30.9 Å². The van der Waals surface area contributed by atoms with E-state index in [2.05, 4.69) is 27.1 Å². The Labute approximate surface area is 205 Å². The van der Waals surface area contributed by atoms with Crippen LogP contribution in [0.3, 0.4) is 0 Å². The summed E-state index contributed by atoms with van der Waals surface area (Å²) in [5.41, 5.74) is 2.98. The summed E-state index contributed by atoms with van der Waals surface area (Å²) in [4.78, 5) is 14.7. The van der Waals surface area contributed by atoms with Crippen molar-refractivity contribution in [3.05, 3.63) is 95.5 Å². The number of hydrogen-bond donors (Lipinski definition) is 2. The average molecular weight is 496 g/mol. The number of nitrogens with one attached hydrogen (secondary N) is 2. The predicted molar refractivity (Wildman–Crippen MR) is 133 cm³/mol. The van der Waals surface area contributed by atoms with Gasteiger partial charge in [-0.05, 0) is 47.0 Å². The van der Waals surface area contributed by atoms with Gasteiger partial charge in [-0.1, -0.05) is 36.4 Å². The van der Waals surface area contributed by atoms with Gasteiger partial charge in [0.15, 0.2) is 0 Å². The van der Waals surface area contributed by atoms with E-state index in [1.165, 1.54) is 30.0 Å². The Morgan fingerprint density at radius 1 is 0.943 bits per heavy atom. The smallest absolute Gasteiger partial charge is 0.244 e. The number of nitrogens with zero attached hydrogens (tertiary/aromatic N) is 1. The van der Waals surface area contributed by atoms with Gasteiger partial charge in [-0.3, -0.25) is 9.69 Å². The van der Waals surface area contributed by atoms with Gasteiger partial charge in [0, 0.05) is 32.3 Å². The monoisotopic (exact) mass is 495 g/mol. The van der Waals surface area contributed by atoms with Crippen LogP contribution in [0.25, 0.3) is 6.08 Å². The van der Waals surface area contributed by atoms with Gasteiger partial charge in [-0.15, -0.1) is 0 Å². The fourth-order valence-corrected chi connectivity index (χ4v) is 4.61. The lowest BCUT2D eigenvalue weighted by molar-refractivity contribution is -0.116. The highest BCUT2D eigenvalue weighted by Gasteiger charge is 2.14. The highest BCUT2D eigenvalue weighted by molar-refractivity contribution is 7.89. The van der Waals surface area contributed by atoms with Gasteiger partial charge in [0.2, 0.25) is 15.9 Å². The van der Waals surface area contributed by atoms with Crippen molar-refractivity contribution in [2.24, 2.45) is 0 Å². The van der Waals surface area contributed by atoms with Crippen LogP contribution in [-0.4, -0.2) is 45.5 Å². The van der Waals surface area contributed by atoms with Crippen LogP contribution in [0.1, 0.15) is 22.5 Å². The maximum absolute atomic E-state index is 12.4. The predicted octanol–water partition coefficient (Wildman–Crippen LogP) is 2.92. The maximum atomic E-state index is 12.4. The lowest BCUT2D eigenvalue weighted by Gasteiger charge is -2.26. The molecule has 0 bridgehead atoms. The fourth-order valence-electron chi connectivity index (χ4n) is 3.62. The minimum atomic E-state index is -3.66. The third-order valence-electron chi connectivity index (χ3n) is 5.63. The number of hydrogen-bond acceptors (Lipinski definition) is 6. The van der Waals surface area contributed by atoms with Crippen molar-refractivity contribution in [1.82, 2.24) is 14.9 Å². The van der Waals surface area contributed by atoms with Crippen LogP contribution in [-0.2, 0) is 39.2 Å². The summed E-state index contributed by atoms with van der Waals surface area (Å²) in [6, 6.07) is 17.9. The molecule has 1 saturated heterocycles. The summed E-state index contributed by atoms with van der Waals surface area (Å²) >= 11 is 0. The highest BCUT2D eigenvalue weighted by atomic mass is 32.2. The molecule has 1 amide bonds. The van der Waals surface area contributed by atoms with E-state index in [9.17, 15) is 13.2 Å². The Kier molecular flexibility index (Phi) is 8.49. The molecule has 2 heterocycles. The number of morpholine rings is 1. The third-order valence-corrected chi connectivity index (χ3v) is 7.05. The zero-order valence-corrected chi connectivity index (χ0v) is 20.2. The van der Waals surface area contributed by atoms with Gasteiger partial charge in [0.1, 0.15) is 5.76 Å². The largest absolute Gasteiger partial charge is 0.468 e. The van der Waals surface area contributed by atoms with E-state index >= 15 is 0 Å². The van der Waals surface area contributed by atoms with E-state index < -0.39 is 10.0 Å². The first-order valence-corrected chi connectivity index (χ1v) is 12.9. The SMILES string of the molecule is O=C(C=Cc1ccc(S(=O)(=O)NCc2ccco2)cc1)NCc1ccc(CN2CCOCC2)cc1. The van der Waals surface area contributed by atoms with E-state index in [1.54, 1.807) is 30.3 Å². The molecule has 2 N–H and O–H groups in total. The number of amides is 1. The van der Waals surface area contributed by atoms with Crippen molar-refractivity contribution < 1.29 is 22.4 Å². The second kappa shape index (κ2) is 11.9. The molecule has 4 rings (SSSR count). The first-order valence-electron chi connectivity index (χ1n) is 11.4. The van der Waals surface area contributed by atoms with Gasteiger partial charge in [-0.2, -0.15) is 0 Å². The molecule has 1 aliphatic heterocycles. The van der Waals surface area contributed by atoms with Crippen molar-refractivity contribution in [2.75, 3.05) is 26.3 Å². The first kappa shape index (κ1) is 24.9. The van der Waals surface area contributed by atoms with Crippen LogP contribution in [0.4, 0.5) is 0 Å². The number of carbonyl (C=O) groups is 1. The van der Waals surface area contributed by atoms with Crippen molar-refractivity contribution >= 4 is 22.0 Å². The zero-order chi connectivity index (χ0) is 24.5. The number of rotatable bonds is 10. The summed E-state index contributed by atoms with van der Waals surface area (Å²) in [6.07, 6.45) is 4.57. The Balaban J connectivity index is 1.23. The third kappa shape index (κ3) is 7.63. The molecular formula is C26H29N3O5S. The van der Waals surface area contributed by atoms with Crippen LogP contribution in [0, 0.1) is 0 Å². The standard InChI is InChI=1S/C26H29N3O5S/c30-26(27-18-22-3-5-23(6-4-22)20-29-13-16-33-17-14-29)12-9-21-7-10-25(11-8-21)35(31,32)28-19-24-2-1-15-34-24/h1-12,15,28H,13-14,16-20H2,(H,27,30). The minimum Gasteiger partial charge on any atom is -0.468 e. The number of furan rings is 1. The van der Waals surface area contributed by atoms with Crippen LogP contribution < -0.4 is 10.0 Å². The van der Waals surface area contributed by atoms with E-state index in [4.69, 9.17) is 9.15 Å². The zero-order valence-electron chi connectivity index (χ0n) is 19.4. The molecule has 0 radical (unpaired) electrons. The van der Waals surface area contributed by atoms with Crippen LogP contribution in [0.15, 0.2) is 82.3 Å². The molecule has 3 aromatic rings. The Bertz CT molecular complexity index is 1220. The molecule has 0 atom stereocenters. The normalized spacial score (nSPS) is 14.9. The van der Waals surface area contributed by atoms with Gasteiger partial charge in [0.25, 0.3) is 0 Å². The van der Waals surface area contributed by atoms with Crippen LogP contribution >= 0.6 is 0 Å². The molecule has 184 valence electrons. The number of sulfonamides is 1. The molecule has 0 spiro atoms. The molecule has 0 unspecified atom stereocenters. The molecule has 9 heteroatoms. The molecule has 0 aliphatic carbocycles. The summed E-state index contributed by atoms with van der Waals surface area (Å²) in [6.45, 7) is 4.87. The lowest BCUT2D eigenvalue weighted by atomic mass is 10.1. The molecule has 1 aromatic heterocycles. The second-order valence-corrected chi connectivity index (χ2v) is 10.00. The van der Waals surface area contributed by atoms with Crippen molar-refractivity contribution in [3.63, 3.8) is 0 Å². The second-order valence-electron chi connectivity index (χ2n) is 8.23. The van der Waals surface area contributed by atoms with Crippen LogP contribution in [0.2, 0.25) is 0 Å². The Morgan fingerprint density at radius 2 is 1.66 bits per heavy atom. The summed E-state index contributed by atoms with van der Waals surface area (Å²) in [5, 5.41) is 2.87. The van der Waals surface area contributed by atoms with Crippen molar-refractivity contribution in [3.8, 4) is 0 Å². The summed E-state index contributed by atoms with van der Waals surface area (Å²) in [7, 11) is -3.66. The molecule has 35 heavy (non-hydrogen) atoms. The van der Waals surface area contributed by atoms with E-state index in [0.29, 0.717) is 12.3 Å². The number of ether oxygens (including phenoxy) is 1. The quantitative estimate of drug-likeness (QED) is 0.420. The average Bonchev–Trinajstić information content (AvgIpc) is 3.41. The van der Waals surface area contributed by atoms with Gasteiger partial charge in [-0.25, -0.2) is 13.1 Å². The van der Waals surface area contributed by atoms with Crippen molar-refractivity contribution in [2.45, 2.75) is 24.5 Å². The summed E-state index contributed by atoms with van der Waals surface area (Å²) in [5.74, 6) is 0.308. The molecule has 2 aromatic carbocycles.